The standard InChI is InChI=1S/C19H24ClN3O3/c1-19(2,3)26-18(25)23-10-8-12(9-11-23)15-7-6-14(20)16(22-15)17(24)21-13-4-5-13/h6-8,13H,4-5,9-11H2,1-3H3,(H,21,24). The van der Waals surface area contributed by atoms with Gasteiger partial charge in [0.25, 0.3) is 5.91 Å². The molecule has 1 aromatic heterocycles. The predicted molar refractivity (Wildman–Crippen MR) is 100 cm³/mol. The van der Waals surface area contributed by atoms with Gasteiger partial charge in [0.05, 0.1) is 10.7 Å². The summed E-state index contributed by atoms with van der Waals surface area (Å²) in [6, 6.07) is 3.76. The normalized spacial score (nSPS) is 17.5. The first kappa shape index (κ1) is 18.7. The van der Waals surface area contributed by atoms with E-state index >= 15 is 0 Å². The van der Waals surface area contributed by atoms with Gasteiger partial charge in [-0.05, 0) is 57.7 Å². The maximum atomic E-state index is 12.3. The fourth-order valence-corrected chi connectivity index (χ4v) is 2.85. The number of nitrogens with zero attached hydrogens (tertiary/aromatic N) is 2. The zero-order valence-electron chi connectivity index (χ0n) is 15.3. The van der Waals surface area contributed by atoms with Crippen molar-refractivity contribution in [2.75, 3.05) is 13.1 Å². The Balaban J connectivity index is 1.70. The summed E-state index contributed by atoms with van der Waals surface area (Å²) >= 11 is 6.15. The van der Waals surface area contributed by atoms with Crippen molar-refractivity contribution in [2.24, 2.45) is 0 Å². The molecule has 0 aromatic carbocycles. The molecule has 1 N–H and O–H groups in total. The molecular formula is C19H24ClN3O3. The zero-order valence-corrected chi connectivity index (χ0v) is 16.1. The monoisotopic (exact) mass is 377 g/mol. The van der Waals surface area contributed by atoms with Crippen LogP contribution in [0, 0.1) is 0 Å². The van der Waals surface area contributed by atoms with Crippen molar-refractivity contribution in [3.05, 3.63) is 34.6 Å². The predicted octanol–water partition coefficient (Wildman–Crippen LogP) is 3.65. The number of halogens is 1. The third-order valence-corrected chi connectivity index (χ3v) is 4.47. The van der Waals surface area contributed by atoms with Crippen LogP contribution in [0.1, 0.15) is 56.2 Å². The lowest BCUT2D eigenvalue weighted by Gasteiger charge is -2.29. The van der Waals surface area contributed by atoms with Crippen LogP contribution in [0.15, 0.2) is 18.2 Å². The maximum Gasteiger partial charge on any atom is 0.410 e. The van der Waals surface area contributed by atoms with Gasteiger partial charge in [-0.15, -0.1) is 0 Å². The van der Waals surface area contributed by atoms with Crippen LogP contribution >= 0.6 is 11.6 Å². The molecule has 3 rings (SSSR count). The Morgan fingerprint density at radius 2 is 2.04 bits per heavy atom. The summed E-state index contributed by atoms with van der Waals surface area (Å²) in [5, 5.41) is 3.26. The minimum Gasteiger partial charge on any atom is -0.444 e. The van der Waals surface area contributed by atoms with Gasteiger partial charge >= 0.3 is 6.09 Å². The number of carbonyl (C=O) groups is 2. The van der Waals surface area contributed by atoms with E-state index < -0.39 is 5.60 Å². The van der Waals surface area contributed by atoms with Crippen LogP contribution in [0.25, 0.3) is 5.57 Å². The Bertz CT molecular complexity index is 751. The van der Waals surface area contributed by atoms with E-state index in [0.29, 0.717) is 24.5 Å². The SMILES string of the molecule is CC(C)(C)OC(=O)N1CC=C(c2ccc(Cl)c(C(=O)NC3CC3)n2)CC1. The summed E-state index contributed by atoms with van der Waals surface area (Å²) < 4.78 is 5.40. The summed E-state index contributed by atoms with van der Waals surface area (Å²) in [5.41, 5.74) is 1.47. The molecule has 140 valence electrons. The number of hydrogen-bond acceptors (Lipinski definition) is 4. The molecule has 2 aliphatic rings. The number of carbonyl (C=O) groups excluding carboxylic acids is 2. The van der Waals surface area contributed by atoms with Crippen molar-refractivity contribution in [3.8, 4) is 0 Å². The highest BCUT2D eigenvalue weighted by Gasteiger charge is 2.27. The molecule has 26 heavy (non-hydrogen) atoms. The van der Waals surface area contributed by atoms with Crippen LogP contribution < -0.4 is 5.32 Å². The second-order valence-electron chi connectivity index (χ2n) is 7.68. The molecule has 1 aromatic rings. The fraction of sp³-hybridized carbons (Fsp3) is 0.526. The van der Waals surface area contributed by atoms with Gasteiger partial charge in [-0.3, -0.25) is 4.79 Å². The summed E-state index contributed by atoms with van der Waals surface area (Å²) in [7, 11) is 0. The molecule has 1 saturated carbocycles. The van der Waals surface area contributed by atoms with E-state index in [9.17, 15) is 9.59 Å². The molecule has 6 nitrogen and oxygen atoms in total. The van der Waals surface area contributed by atoms with E-state index in [1.165, 1.54) is 0 Å². The fourth-order valence-electron chi connectivity index (χ4n) is 2.66. The highest BCUT2D eigenvalue weighted by Crippen LogP contribution is 2.26. The molecule has 1 fully saturated rings. The number of pyridine rings is 1. The van der Waals surface area contributed by atoms with Crippen molar-refractivity contribution in [1.29, 1.82) is 0 Å². The Labute approximate surface area is 158 Å². The van der Waals surface area contributed by atoms with Crippen molar-refractivity contribution in [2.45, 2.75) is 51.7 Å². The van der Waals surface area contributed by atoms with Crippen molar-refractivity contribution >= 4 is 29.2 Å². The molecule has 0 unspecified atom stereocenters. The summed E-state index contributed by atoms with van der Waals surface area (Å²) in [4.78, 5) is 30.5. The Hall–Kier alpha value is -2.08. The number of hydrogen-bond donors (Lipinski definition) is 1. The molecule has 1 aliphatic heterocycles. The zero-order chi connectivity index (χ0) is 18.9. The van der Waals surface area contributed by atoms with Gasteiger partial charge in [0.15, 0.2) is 0 Å². The number of ether oxygens (including phenoxy) is 1. The van der Waals surface area contributed by atoms with E-state index in [2.05, 4.69) is 10.3 Å². The average Bonchev–Trinajstić information content (AvgIpc) is 3.38. The van der Waals surface area contributed by atoms with Crippen LogP contribution in [-0.4, -0.2) is 46.6 Å². The number of aromatic nitrogens is 1. The first-order valence-electron chi connectivity index (χ1n) is 8.88. The van der Waals surface area contributed by atoms with E-state index in [4.69, 9.17) is 16.3 Å². The number of amides is 2. The lowest BCUT2D eigenvalue weighted by Crippen LogP contribution is -2.39. The van der Waals surface area contributed by atoms with E-state index in [1.807, 2.05) is 32.9 Å². The summed E-state index contributed by atoms with van der Waals surface area (Å²) in [6.07, 6.45) is 4.30. The molecule has 2 amide bonds. The van der Waals surface area contributed by atoms with Crippen LogP contribution in [-0.2, 0) is 4.74 Å². The smallest absolute Gasteiger partial charge is 0.410 e. The molecule has 0 bridgehead atoms. The molecule has 7 heteroatoms. The van der Waals surface area contributed by atoms with Crippen molar-refractivity contribution in [1.82, 2.24) is 15.2 Å². The summed E-state index contributed by atoms with van der Waals surface area (Å²) in [6.45, 7) is 6.55. The van der Waals surface area contributed by atoms with Crippen LogP contribution in [0.2, 0.25) is 5.02 Å². The number of rotatable bonds is 3. The molecule has 2 heterocycles. The van der Waals surface area contributed by atoms with Gasteiger partial charge in [0.2, 0.25) is 0 Å². The van der Waals surface area contributed by atoms with Gasteiger partial charge < -0.3 is 15.0 Å². The van der Waals surface area contributed by atoms with E-state index in [1.54, 1.807) is 11.0 Å². The third-order valence-electron chi connectivity index (χ3n) is 4.16. The minimum absolute atomic E-state index is 0.230. The molecule has 1 aliphatic carbocycles. The van der Waals surface area contributed by atoms with E-state index in [-0.39, 0.29) is 23.7 Å². The first-order chi connectivity index (χ1) is 12.2. The highest BCUT2D eigenvalue weighted by molar-refractivity contribution is 6.33. The second kappa shape index (κ2) is 7.27. The lowest BCUT2D eigenvalue weighted by molar-refractivity contribution is 0.0270. The van der Waals surface area contributed by atoms with Crippen LogP contribution in [0.3, 0.4) is 0 Å². The van der Waals surface area contributed by atoms with Gasteiger partial charge in [-0.2, -0.15) is 0 Å². The topological polar surface area (TPSA) is 71.5 Å². The third kappa shape index (κ3) is 4.75. The Morgan fingerprint density at radius 3 is 2.62 bits per heavy atom. The van der Waals surface area contributed by atoms with E-state index in [0.717, 1.165) is 24.1 Å². The maximum absolute atomic E-state index is 12.3. The second-order valence-corrected chi connectivity index (χ2v) is 8.09. The first-order valence-corrected chi connectivity index (χ1v) is 9.25. The number of nitrogens with one attached hydrogen (secondary N) is 1. The average molecular weight is 378 g/mol. The van der Waals surface area contributed by atoms with Gasteiger partial charge in [0.1, 0.15) is 11.3 Å². The van der Waals surface area contributed by atoms with Crippen LogP contribution in [0.4, 0.5) is 4.79 Å². The quantitative estimate of drug-likeness (QED) is 0.872. The Morgan fingerprint density at radius 1 is 1.31 bits per heavy atom. The molecule has 0 radical (unpaired) electrons. The van der Waals surface area contributed by atoms with Crippen LogP contribution in [0.5, 0.6) is 0 Å². The summed E-state index contributed by atoms with van der Waals surface area (Å²) in [5.74, 6) is -0.230. The van der Waals surface area contributed by atoms with Crippen molar-refractivity contribution in [3.63, 3.8) is 0 Å². The highest BCUT2D eigenvalue weighted by atomic mass is 35.5. The lowest BCUT2D eigenvalue weighted by atomic mass is 10.0. The van der Waals surface area contributed by atoms with Gasteiger partial charge in [-0.25, -0.2) is 9.78 Å². The molecular weight excluding hydrogens is 354 g/mol. The van der Waals surface area contributed by atoms with Gasteiger partial charge in [0, 0.05) is 19.1 Å². The minimum atomic E-state index is -0.511. The Kier molecular flexibility index (Phi) is 5.23. The molecule has 0 atom stereocenters. The largest absolute Gasteiger partial charge is 0.444 e. The molecule has 0 spiro atoms. The van der Waals surface area contributed by atoms with Crippen molar-refractivity contribution < 1.29 is 14.3 Å². The van der Waals surface area contributed by atoms with Gasteiger partial charge in [-0.1, -0.05) is 17.7 Å². The molecule has 0 saturated heterocycles.